The minimum atomic E-state index is 0.433. The summed E-state index contributed by atoms with van der Waals surface area (Å²) in [6.45, 7) is 7.28. The number of hydrogen-bond donors (Lipinski definition) is 0. The maximum Gasteiger partial charge on any atom is 0.108 e. The van der Waals surface area contributed by atoms with Crippen molar-refractivity contribution in [2.24, 2.45) is 0 Å². The fourth-order valence-electron chi connectivity index (χ4n) is 2.29. The van der Waals surface area contributed by atoms with Crippen molar-refractivity contribution in [3.05, 3.63) is 0 Å². The van der Waals surface area contributed by atoms with Gasteiger partial charge in [-0.3, -0.25) is 0 Å². The molecule has 0 spiro atoms. The highest BCUT2D eigenvalue weighted by Crippen LogP contribution is 2.80. The normalized spacial score (nSPS) is 64.4. The fraction of sp³-hybridized carbons (Fsp3) is 1.00. The first-order chi connectivity index (χ1) is 5.91. The Kier molecular flexibility index (Phi) is 2.07. The summed E-state index contributed by atoms with van der Waals surface area (Å²) >= 11 is 10.9. The average molecular weight is 269 g/mol. The fourth-order valence-corrected chi connectivity index (χ4v) is 18.5. The predicted octanol–water partition coefficient (Wildman–Crippen LogP) is 4.47. The summed E-state index contributed by atoms with van der Waals surface area (Å²) in [5.74, 6) is 0. The van der Waals surface area contributed by atoms with Crippen LogP contribution in [0, 0.1) is 0 Å². The molecular weight excluding hydrogens is 256 g/mol. The lowest BCUT2D eigenvalue weighted by atomic mass is 10.2. The zero-order chi connectivity index (χ0) is 9.32. The van der Waals surface area contributed by atoms with Crippen molar-refractivity contribution in [3.63, 3.8) is 0 Å². The van der Waals surface area contributed by atoms with Crippen molar-refractivity contribution in [3.8, 4) is 0 Å². The molecule has 4 saturated heterocycles. The largest absolute Gasteiger partial charge is 0.119 e. The Hall–Kier alpha value is 1.75. The molecular formula is C8H12S5. The molecule has 4 aliphatic heterocycles. The van der Waals surface area contributed by atoms with Crippen molar-refractivity contribution in [2.75, 3.05) is 0 Å². The van der Waals surface area contributed by atoms with Crippen molar-refractivity contribution in [2.45, 2.75) is 42.7 Å². The van der Waals surface area contributed by atoms with E-state index in [-0.39, 0.29) is 0 Å². The molecule has 0 aliphatic carbocycles. The van der Waals surface area contributed by atoms with E-state index in [1.807, 2.05) is 0 Å². The molecule has 0 aromatic carbocycles. The van der Waals surface area contributed by atoms with Crippen LogP contribution in [-0.2, 0) is 0 Å². The van der Waals surface area contributed by atoms with Crippen LogP contribution in [0.1, 0.15) is 27.2 Å². The second-order valence-electron chi connectivity index (χ2n) is 4.15. The number of rotatable bonds is 0. The number of hydrogen-bond acceptors (Lipinski definition) is 5. The third kappa shape index (κ3) is 1.57. The first kappa shape index (κ1) is 9.94. The molecule has 4 fully saturated rings. The van der Waals surface area contributed by atoms with Gasteiger partial charge in [-0.05, 0) is 27.2 Å². The van der Waals surface area contributed by atoms with E-state index in [0.29, 0.717) is 11.6 Å². The highest BCUT2D eigenvalue weighted by molar-refractivity contribution is 8.53. The molecule has 0 radical (unpaired) electrons. The topological polar surface area (TPSA) is 0 Å². The molecule has 0 saturated carbocycles. The third-order valence-corrected chi connectivity index (χ3v) is 11.0. The van der Waals surface area contributed by atoms with Crippen LogP contribution in [0.2, 0.25) is 0 Å². The van der Waals surface area contributed by atoms with Gasteiger partial charge in [-0.2, -0.15) is 0 Å². The summed E-state index contributed by atoms with van der Waals surface area (Å²) in [5.41, 5.74) is 0. The highest BCUT2D eigenvalue weighted by atomic mass is 32.3. The minimum absolute atomic E-state index is 0.433. The van der Waals surface area contributed by atoms with Gasteiger partial charge in [-0.25, -0.2) is 0 Å². The second kappa shape index (κ2) is 2.70. The van der Waals surface area contributed by atoms with Crippen LogP contribution in [-0.4, -0.2) is 15.5 Å². The SMILES string of the molecule is CC12CC3(C)SC(S1)SC(C)(S2)S3. The van der Waals surface area contributed by atoms with Crippen molar-refractivity contribution in [1.29, 1.82) is 0 Å². The summed E-state index contributed by atoms with van der Waals surface area (Å²) in [6, 6.07) is 0. The molecule has 4 aliphatic rings. The van der Waals surface area contributed by atoms with Crippen LogP contribution < -0.4 is 0 Å². The van der Waals surface area contributed by atoms with Gasteiger partial charge >= 0.3 is 0 Å². The molecule has 0 N–H and O–H groups in total. The lowest BCUT2D eigenvalue weighted by Gasteiger charge is -2.61. The van der Waals surface area contributed by atoms with Gasteiger partial charge in [0.15, 0.2) is 0 Å². The van der Waals surface area contributed by atoms with E-state index in [4.69, 9.17) is 0 Å². The summed E-state index contributed by atoms with van der Waals surface area (Å²) in [5, 5.41) is 0. The van der Waals surface area contributed by atoms with E-state index in [0.717, 1.165) is 3.91 Å². The molecule has 13 heavy (non-hydrogen) atoms. The first-order valence-corrected chi connectivity index (χ1v) is 8.62. The van der Waals surface area contributed by atoms with Gasteiger partial charge in [0.1, 0.15) is 7.33 Å². The van der Waals surface area contributed by atoms with Gasteiger partial charge in [0, 0.05) is 0 Å². The monoisotopic (exact) mass is 268 g/mol. The van der Waals surface area contributed by atoms with Gasteiger partial charge in [0.25, 0.3) is 0 Å². The lowest BCUT2D eigenvalue weighted by Crippen LogP contribution is -2.49. The molecule has 74 valence electrons. The zero-order valence-corrected chi connectivity index (χ0v) is 11.9. The Morgan fingerprint density at radius 2 is 1.46 bits per heavy atom. The molecule has 4 rings (SSSR count). The first-order valence-electron chi connectivity index (χ1n) is 4.34. The van der Waals surface area contributed by atoms with Crippen LogP contribution in [0.15, 0.2) is 0 Å². The summed E-state index contributed by atoms with van der Waals surface area (Å²) in [7, 11) is 0. The van der Waals surface area contributed by atoms with Crippen molar-refractivity contribution >= 4 is 58.8 Å². The Bertz CT molecular complexity index is 214. The van der Waals surface area contributed by atoms with Gasteiger partial charge in [-0.15, -0.1) is 58.8 Å². The maximum absolute atomic E-state index is 2.44. The van der Waals surface area contributed by atoms with Crippen LogP contribution in [0.25, 0.3) is 0 Å². The van der Waals surface area contributed by atoms with Gasteiger partial charge < -0.3 is 0 Å². The Balaban J connectivity index is 2.03. The van der Waals surface area contributed by atoms with Crippen molar-refractivity contribution in [1.82, 2.24) is 0 Å². The van der Waals surface area contributed by atoms with Gasteiger partial charge in [0.2, 0.25) is 0 Å². The summed E-state index contributed by atoms with van der Waals surface area (Å²) in [6.07, 6.45) is 1.36. The predicted molar refractivity (Wildman–Crippen MR) is 71.6 cm³/mol. The van der Waals surface area contributed by atoms with Crippen LogP contribution in [0.4, 0.5) is 0 Å². The van der Waals surface area contributed by atoms with E-state index in [2.05, 4.69) is 79.6 Å². The zero-order valence-electron chi connectivity index (χ0n) is 7.83. The standard InChI is InChI=1S/C8H12S5/c1-6-4-7(2)10-5(9-6)11-8(3,12-6)13-7/h5H,4H2,1-3H3. The van der Waals surface area contributed by atoms with E-state index < -0.39 is 0 Å². The molecule has 4 bridgehead atoms. The summed E-state index contributed by atoms with van der Waals surface area (Å²) in [4.78, 5) is 0. The van der Waals surface area contributed by atoms with Gasteiger partial charge in [-0.1, -0.05) is 0 Å². The average Bonchev–Trinajstić information content (AvgIpc) is 1.71. The van der Waals surface area contributed by atoms with Crippen LogP contribution in [0.3, 0.4) is 0 Å². The molecule has 0 aromatic heterocycles. The highest BCUT2D eigenvalue weighted by Gasteiger charge is 2.61. The molecule has 4 heterocycles. The summed E-state index contributed by atoms with van der Waals surface area (Å²) < 4.78 is 2.21. The minimum Gasteiger partial charge on any atom is -0.119 e. The smallest absolute Gasteiger partial charge is 0.108 e. The number of thioether (sulfide) groups is 5. The second-order valence-corrected chi connectivity index (χ2v) is 14.9. The quantitative estimate of drug-likeness (QED) is 0.633. The van der Waals surface area contributed by atoms with Gasteiger partial charge in [0.05, 0.1) is 8.16 Å². The Morgan fingerprint density at radius 1 is 0.923 bits per heavy atom. The van der Waals surface area contributed by atoms with Crippen molar-refractivity contribution < 1.29 is 0 Å². The van der Waals surface area contributed by atoms with E-state index in [1.165, 1.54) is 6.42 Å². The molecule has 0 amide bonds. The van der Waals surface area contributed by atoms with Crippen LogP contribution in [0.5, 0.6) is 0 Å². The van der Waals surface area contributed by atoms with Crippen LogP contribution >= 0.6 is 58.8 Å². The lowest BCUT2D eigenvalue weighted by molar-refractivity contribution is 0.702. The molecule has 2 unspecified atom stereocenters. The van der Waals surface area contributed by atoms with E-state index in [9.17, 15) is 0 Å². The molecule has 0 nitrogen and oxygen atoms in total. The third-order valence-electron chi connectivity index (χ3n) is 2.45. The molecule has 2 atom stereocenters. The Morgan fingerprint density at radius 3 is 1.85 bits per heavy atom. The van der Waals surface area contributed by atoms with E-state index in [1.54, 1.807) is 0 Å². The van der Waals surface area contributed by atoms with E-state index >= 15 is 0 Å². The maximum atomic E-state index is 2.44. The Labute approximate surface area is 101 Å². The molecule has 5 heteroatoms. The molecule has 0 aromatic rings.